The molecule has 0 aliphatic carbocycles. The molecule has 29 heavy (non-hydrogen) atoms. The zero-order chi connectivity index (χ0) is 21.1. The molecule has 0 aliphatic heterocycles. The second kappa shape index (κ2) is 8.30. The lowest BCUT2D eigenvalue weighted by atomic mass is 10.2. The average molecular weight is 438 g/mol. The Morgan fingerprint density at radius 2 is 1.21 bits per heavy atom. The smallest absolute Gasteiger partial charge is 0.341 e. The van der Waals surface area contributed by atoms with Crippen LogP contribution in [-0.4, -0.2) is 22.6 Å². The van der Waals surface area contributed by atoms with Gasteiger partial charge >= 0.3 is 5.76 Å². The maximum absolute atomic E-state index is 12.5. The molecular weight excluding hydrogens is 422 g/mol. The van der Waals surface area contributed by atoms with E-state index in [2.05, 4.69) is 0 Å². The maximum Gasteiger partial charge on any atom is 0.341 e. The summed E-state index contributed by atoms with van der Waals surface area (Å²) in [6.45, 7) is 0.0553. The molecule has 3 aromatic rings. The van der Waals surface area contributed by atoms with Crippen molar-refractivity contribution in [2.24, 2.45) is 0 Å². The Morgan fingerprint density at radius 1 is 0.690 bits per heavy atom. The molecular formula is C20H16F2O5S2. The molecule has 0 radical (unpaired) electrons. The molecule has 0 spiro atoms. The van der Waals surface area contributed by atoms with E-state index in [4.69, 9.17) is 4.74 Å². The van der Waals surface area contributed by atoms with Gasteiger partial charge in [0.2, 0.25) is 19.7 Å². The van der Waals surface area contributed by atoms with Gasteiger partial charge in [0.1, 0.15) is 12.4 Å². The fourth-order valence-corrected chi connectivity index (χ4v) is 4.50. The summed E-state index contributed by atoms with van der Waals surface area (Å²) in [5, 5.41) is 0. The van der Waals surface area contributed by atoms with Gasteiger partial charge in [0.25, 0.3) is 0 Å². The standard InChI is InChI=1S/C20H16F2O5S2/c21-20(22)29(25,26)19-10-6-15(7-11-19)14-27-16-8-12-18(13-9-16)28(23,24)17-4-2-1-3-5-17/h1-13,20H,14H2. The van der Waals surface area contributed by atoms with Crippen LogP contribution in [0.15, 0.2) is 93.5 Å². The van der Waals surface area contributed by atoms with Gasteiger partial charge in [-0.3, -0.25) is 0 Å². The van der Waals surface area contributed by atoms with E-state index in [-0.39, 0.29) is 16.4 Å². The number of hydrogen-bond acceptors (Lipinski definition) is 5. The molecule has 0 fully saturated rings. The Labute approximate surface area is 167 Å². The summed E-state index contributed by atoms with van der Waals surface area (Å²) in [6.07, 6.45) is 0. The number of halogens is 2. The fourth-order valence-electron chi connectivity index (χ4n) is 2.50. The minimum absolute atomic E-state index is 0.0553. The molecule has 3 rings (SSSR count). The van der Waals surface area contributed by atoms with Gasteiger partial charge in [-0.15, -0.1) is 0 Å². The van der Waals surface area contributed by atoms with Crippen LogP contribution in [0.1, 0.15) is 5.56 Å². The van der Waals surface area contributed by atoms with Crippen LogP contribution in [0.4, 0.5) is 8.78 Å². The summed E-state index contributed by atoms with van der Waals surface area (Å²) in [5.74, 6) is -3.07. The highest BCUT2D eigenvalue weighted by Crippen LogP contribution is 2.24. The molecule has 0 saturated carbocycles. The van der Waals surface area contributed by atoms with Crippen molar-refractivity contribution >= 4 is 19.7 Å². The van der Waals surface area contributed by atoms with Gasteiger partial charge in [-0.2, -0.15) is 8.78 Å². The molecule has 9 heteroatoms. The summed E-state index contributed by atoms with van der Waals surface area (Å²) in [4.78, 5) is -0.156. The molecule has 0 aliphatic rings. The zero-order valence-electron chi connectivity index (χ0n) is 14.9. The van der Waals surface area contributed by atoms with Crippen LogP contribution in [-0.2, 0) is 26.3 Å². The lowest BCUT2D eigenvalue weighted by Crippen LogP contribution is -2.11. The van der Waals surface area contributed by atoms with Gasteiger partial charge in [0, 0.05) is 0 Å². The third-order valence-electron chi connectivity index (χ3n) is 4.08. The second-order valence-electron chi connectivity index (χ2n) is 6.03. The van der Waals surface area contributed by atoms with Crippen molar-refractivity contribution in [3.8, 4) is 5.75 Å². The van der Waals surface area contributed by atoms with Gasteiger partial charge in [0.05, 0.1) is 14.7 Å². The monoisotopic (exact) mass is 438 g/mol. The lowest BCUT2D eigenvalue weighted by Gasteiger charge is -2.09. The quantitative estimate of drug-likeness (QED) is 0.555. The maximum atomic E-state index is 12.5. The first-order valence-corrected chi connectivity index (χ1v) is 11.4. The molecule has 0 saturated heterocycles. The van der Waals surface area contributed by atoms with E-state index in [9.17, 15) is 25.6 Å². The molecule has 0 atom stereocenters. The summed E-state index contributed by atoms with van der Waals surface area (Å²) in [6, 6.07) is 18.8. The van der Waals surface area contributed by atoms with E-state index in [0.29, 0.717) is 11.3 Å². The van der Waals surface area contributed by atoms with E-state index in [1.54, 1.807) is 18.2 Å². The highest BCUT2D eigenvalue weighted by atomic mass is 32.2. The van der Waals surface area contributed by atoms with Crippen LogP contribution in [0.3, 0.4) is 0 Å². The van der Waals surface area contributed by atoms with Crippen molar-refractivity contribution in [2.75, 3.05) is 0 Å². The van der Waals surface area contributed by atoms with Crippen molar-refractivity contribution in [3.05, 3.63) is 84.4 Å². The number of rotatable bonds is 7. The van der Waals surface area contributed by atoms with Crippen molar-refractivity contribution in [1.29, 1.82) is 0 Å². The second-order valence-corrected chi connectivity index (χ2v) is 9.89. The summed E-state index contributed by atoms with van der Waals surface area (Å²) >= 11 is 0. The van der Waals surface area contributed by atoms with Crippen LogP contribution < -0.4 is 4.74 Å². The lowest BCUT2D eigenvalue weighted by molar-refractivity contribution is 0.234. The minimum Gasteiger partial charge on any atom is -0.489 e. The van der Waals surface area contributed by atoms with Crippen LogP contribution in [0, 0.1) is 0 Å². The Morgan fingerprint density at radius 3 is 1.76 bits per heavy atom. The number of benzene rings is 3. The molecule has 5 nitrogen and oxygen atoms in total. The predicted molar refractivity (Wildman–Crippen MR) is 102 cm³/mol. The highest BCUT2D eigenvalue weighted by molar-refractivity contribution is 7.92. The van der Waals surface area contributed by atoms with Crippen molar-refractivity contribution in [3.63, 3.8) is 0 Å². The fraction of sp³-hybridized carbons (Fsp3) is 0.100. The third kappa shape index (κ3) is 4.63. The van der Waals surface area contributed by atoms with E-state index in [0.717, 1.165) is 12.1 Å². The van der Waals surface area contributed by atoms with Crippen molar-refractivity contribution in [2.45, 2.75) is 27.1 Å². The molecule has 0 aromatic heterocycles. The van der Waals surface area contributed by atoms with Crippen LogP contribution >= 0.6 is 0 Å². The van der Waals surface area contributed by atoms with Crippen LogP contribution in [0.2, 0.25) is 0 Å². The predicted octanol–water partition coefficient (Wildman–Crippen LogP) is 4.09. The number of ether oxygens (including phenoxy) is 1. The number of alkyl halides is 2. The van der Waals surface area contributed by atoms with E-state index in [1.807, 2.05) is 0 Å². The third-order valence-corrected chi connectivity index (χ3v) is 7.26. The Balaban J connectivity index is 1.68. The summed E-state index contributed by atoms with van der Waals surface area (Å²) in [7, 11) is -8.26. The largest absolute Gasteiger partial charge is 0.489 e. The summed E-state index contributed by atoms with van der Waals surface area (Å²) < 4.78 is 78.5. The highest BCUT2D eigenvalue weighted by Gasteiger charge is 2.26. The normalized spacial score (nSPS) is 12.1. The van der Waals surface area contributed by atoms with Gasteiger partial charge in [-0.05, 0) is 54.1 Å². The Bertz CT molecular complexity index is 1170. The van der Waals surface area contributed by atoms with E-state index in [1.165, 1.54) is 48.5 Å². The van der Waals surface area contributed by atoms with Crippen LogP contribution in [0.25, 0.3) is 0 Å². The molecule has 0 heterocycles. The SMILES string of the molecule is O=S(=O)(c1ccccc1)c1ccc(OCc2ccc(S(=O)(=O)C(F)F)cc2)cc1. The van der Waals surface area contributed by atoms with Crippen molar-refractivity contribution in [1.82, 2.24) is 0 Å². The van der Waals surface area contributed by atoms with Gasteiger partial charge in [-0.25, -0.2) is 16.8 Å². The molecule has 0 bridgehead atoms. The summed E-state index contributed by atoms with van der Waals surface area (Å²) in [5.41, 5.74) is 0.569. The molecule has 0 N–H and O–H groups in total. The average Bonchev–Trinajstić information content (AvgIpc) is 2.73. The molecule has 0 unspecified atom stereocenters. The van der Waals surface area contributed by atoms with Crippen molar-refractivity contribution < 1.29 is 30.4 Å². The topological polar surface area (TPSA) is 77.5 Å². The van der Waals surface area contributed by atoms with E-state index < -0.39 is 30.3 Å². The van der Waals surface area contributed by atoms with E-state index >= 15 is 0 Å². The minimum atomic E-state index is -4.63. The first kappa shape index (κ1) is 20.9. The van der Waals surface area contributed by atoms with Crippen LogP contribution in [0.5, 0.6) is 5.75 Å². The Hall–Kier alpha value is -2.78. The first-order valence-electron chi connectivity index (χ1n) is 8.35. The Kier molecular flexibility index (Phi) is 5.99. The molecule has 0 amide bonds. The van der Waals surface area contributed by atoms with Gasteiger partial charge < -0.3 is 4.74 Å². The molecule has 3 aromatic carbocycles. The number of hydrogen-bond donors (Lipinski definition) is 0. The van der Waals surface area contributed by atoms with Gasteiger partial charge in [-0.1, -0.05) is 30.3 Å². The molecule has 152 valence electrons. The first-order chi connectivity index (χ1) is 13.7. The van der Waals surface area contributed by atoms with Gasteiger partial charge in [0.15, 0.2) is 0 Å². The zero-order valence-corrected chi connectivity index (χ0v) is 16.5. The number of sulfone groups is 2.